The Balaban J connectivity index is 1.57. The average molecular weight is 378 g/mol. The fourth-order valence-electron chi connectivity index (χ4n) is 3.93. The molecule has 2 N–H and O–H groups in total. The quantitative estimate of drug-likeness (QED) is 0.756. The van der Waals surface area contributed by atoms with Gasteiger partial charge in [0, 0.05) is 33.9 Å². The lowest BCUT2D eigenvalue weighted by Gasteiger charge is -2.36. The Morgan fingerprint density at radius 1 is 1.15 bits per heavy atom. The standard InChI is InChI=1S/C20H27NO4S/c22-18(13-20(19(23)24)10-5-11-20)21-16-7-4-6-15(12-16)14-26(25)17-8-2-1-3-9-17/h4,6-7,12,17H,1-3,5,8-11,13-14H2,(H,21,22)(H,23,24). The fourth-order valence-corrected chi connectivity index (χ4v) is 5.53. The van der Waals surface area contributed by atoms with Gasteiger partial charge in [-0.25, -0.2) is 0 Å². The maximum absolute atomic E-state index is 12.6. The molecule has 2 aliphatic rings. The Morgan fingerprint density at radius 3 is 2.50 bits per heavy atom. The molecule has 2 fully saturated rings. The van der Waals surface area contributed by atoms with Gasteiger partial charge in [-0.15, -0.1) is 0 Å². The first-order valence-electron chi connectivity index (χ1n) is 9.48. The van der Waals surface area contributed by atoms with Crippen molar-refractivity contribution in [2.75, 3.05) is 5.32 Å². The second-order valence-electron chi connectivity index (χ2n) is 7.65. The lowest BCUT2D eigenvalue weighted by molar-refractivity contribution is -0.157. The first kappa shape index (κ1) is 19.1. The molecule has 3 rings (SSSR count). The lowest BCUT2D eigenvalue weighted by atomic mass is 9.66. The van der Waals surface area contributed by atoms with Gasteiger partial charge in [0.15, 0.2) is 0 Å². The molecule has 26 heavy (non-hydrogen) atoms. The van der Waals surface area contributed by atoms with E-state index in [0.29, 0.717) is 24.3 Å². The Bertz CT molecular complexity index is 693. The number of anilines is 1. The molecular formula is C20H27NO4S. The minimum atomic E-state index is -0.885. The molecule has 0 heterocycles. The van der Waals surface area contributed by atoms with Gasteiger partial charge in [0.1, 0.15) is 0 Å². The van der Waals surface area contributed by atoms with E-state index in [2.05, 4.69) is 5.32 Å². The molecule has 0 bridgehead atoms. The Labute approximate surface area is 157 Å². The second-order valence-corrected chi connectivity index (χ2v) is 9.37. The predicted octanol–water partition coefficient (Wildman–Crippen LogP) is 3.85. The molecule has 1 aromatic rings. The van der Waals surface area contributed by atoms with Crippen molar-refractivity contribution >= 4 is 28.4 Å². The van der Waals surface area contributed by atoms with Crippen molar-refractivity contribution in [3.63, 3.8) is 0 Å². The monoisotopic (exact) mass is 377 g/mol. The van der Waals surface area contributed by atoms with Crippen molar-refractivity contribution in [2.45, 2.75) is 68.8 Å². The number of hydrogen-bond acceptors (Lipinski definition) is 3. The van der Waals surface area contributed by atoms with Gasteiger partial charge in [-0.1, -0.05) is 37.8 Å². The van der Waals surface area contributed by atoms with Crippen LogP contribution in [0, 0.1) is 5.41 Å². The van der Waals surface area contributed by atoms with Crippen LogP contribution in [0.4, 0.5) is 5.69 Å². The van der Waals surface area contributed by atoms with Crippen LogP contribution in [-0.2, 0) is 26.1 Å². The largest absolute Gasteiger partial charge is 0.481 e. The minimum Gasteiger partial charge on any atom is -0.481 e. The summed E-state index contributed by atoms with van der Waals surface area (Å²) in [5.41, 5.74) is 0.709. The average Bonchev–Trinajstić information content (AvgIpc) is 2.59. The number of aliphatic carboxylic acids is 1. The summed E-state index contributed by atoms with van der Waals surface area (Å²) in [4.78, 5) is 23.7. The predicted molar refractivity (Wildman–Crippen MR) is 102 cm³/mol. The van der Waals surface area contributed by atoms with Gasteiger partial charge in [0.25, 0.3) is 0 Å². The zero-order valence-electron chi connectivity index (χ0n) is 15.0. The van der Waals surface area contributed by atoms with Gasteiger partial charge in [-0.05, 0) is 43.4 Å². The summed E-state index contributed by atoms with van der Waals surface area (Å²) in [6, 6.07) is 7.42. The number of carboxylic acids is 1. The van der Waals surface area contributed by atoms with Crippen LogP contribution in [0.1, 0.15) is 63.4 Å². The fraction of sp³-hybridized carbons (Fsp3) is 0.600. The minimum absolute atomic E-state index is 0.0144. The first-order chi connectivity index (χ1) is 12.5. The molecule has 0 spiro atoms. The van der Waals surface area contributed by atoms with E-state index in [0.717, 1.165) is 37.7 Å². The number of hydrogen-bond donors (Lipinski definition) is 2. The number of nitrogens with one attached hydrogen (secondary N) is 1. The zero-order valence-corrected chi connectivity index (χ0v) is 15.9. The van der Waals surface area contributed by atoms with Gasteiger partial charge >= 0.3 is 5.97 Å². The molecule has 2 saturated carbocycles. The van der Waals surface area contributed by atoms with Gasteiger partial charge in [-0.2, -0.15) is 0 Å². The Kier molecular flexibility index (Phi) is 6.12. The third kappa shape index (κ3) is 4.53. The summed E-state index contributed by atoms with van der Waals surface area (Å²) in [5, 5.41) is 12.5. The Hall–Kier alpha value is -1.69. The summed E-state index contributed by atoms with van der Waals surface area (Å²) in [6.07, 6.45) is 7.66. The highest BCUT2D eigenvalue weighted by Gasteiger charge is 2.45. The summed E-state index contributed by atoms with van der Waals surface area (Å²) < 4.78 is 12.6. The Morgan fingerprint density at radius 2 is 1.88 bits per heavy atom. The highest BCUT2D eigenvalue weighted by Crippen LogP contribution is 2.44. The highest BCUT2D eigenvalue weighted by atomic mass is 32.2. The van der Waals surface area contributed by atoms with Crippen LogP contribution in [0.15, 0.2) is 24.3 Å². The number of amides is 1. The zero-order chi connectivity index (χ0) is 18.6. The third-order valence-corrected chi connectivity index (χ3v) is 7.54. The van der Waals surface area contributed by atoms with Crippen molar-refractivity contribution in [1.29, 1.82) is 0 Å². The molecule has 2 aliphatic carbocycles. The van der Waals surface area contributed by atoms with Gasteiger partial charge in [0.2, 0.25) is 5.91 Å². The number of rotatable bonds is 7. The van der Waals surface area contributed by atoms with Crippen LogP contribution in [0.5, 0.6) is 0 Å². The number of carbonyl (C=O) groups is 2. The van der Waals surface area contributed by atoms with E-state index in [-0.39, 0.29) is 17.6 Å². The number of carboxylic acid groups (broad SMARTS) is 1. The van der Waals surface area contributed by atoms with E-state index in [1.165, 1.54) is 6.42 Å². The maximum Gasteiger partial charge on any atom is 0.310 e. The second kappa shape index (κ2) is 8.33. The molecule has 0 aliphatic heterocycles. The van der Waals surface area contributed by atoms with Crippen molar-refractivity contribution in [3.05, 3.63) is 29.8 Å². The maximum atomic E-state index is 12.6. The van der Waals surface area contributed by atoms with Crippen molar-refractivity contribution in [3.8, 4) is 0 Å². The lowest BCUT2D eigenvalue weighted by Crippen LogP contribution is -2.41. The van der Waals surface area contributed by atoms with Crippen LogP contribution in [0.2, 0.25) is 0 Å². The van der Waals surface area contributed by atoms with E-state index in [1.807, 2.05) is 18.2 Å². The summed E-state index contributed by atoms with van der Waals surface area (Å²) in [6.45, 7) is 0. The van der Waals surface area contributed by atoms with Gasteiger partial charge in [0.05, 0.1) is 5.41 Å². The van der Waals surface area contributed by atoms with Crippen LogP contribution in [0.25, 0.3) is 0 Å². The van der Waals surface area contributed by atoms with Crippen molar-refractivity contribution < 1.29 is 18.9 Å². The SMILES string of the molecule is O=C(CC1(C(=O)O)CCC1)Nc1cccc(CS(=O)C2CCCCC2)c1. The van der Waals surface area contributed by atoms with E-state index in [1.54, 1.807) is 6.07 Å². The normalized spacial score (nSPS) is 20.8. The molecular weight excluding hydrogens is 350 g/mol. The highest BCUT2D eigenvalue weighted by molar-refractivity contribution is 7.84. The van der Waals surface area contributed by atoms with Crippen LogP contribution in [-0.4, -0.2) is 26.4 Å². The molecule has 6 heteroatoms. The molecule has 0 saturated heterocycles. The number of carbonyl (C=O) groups excluding carboxylic acids is 1. The summed E-state index contributed by atoms with van der Waals surface area (Å²) >= 11 is 0. The van der Waals surface area contributed by atoms with Crippen molar-refractivity contribution in [1.82, 2.24) is 0 Å². The van der Waals surface area contributed by atoms with E-state index >= 15 is 0 Å². The molecule has 1 atom stereocenters. The molecule has 0 radical (unpaired) electrons. The summed E-state index contributed by atoms with van der Waals surface area (Å²) in [7, 11) is -0.883. The van der Waals surface area contributed by atoms with E-state index in [4.69, 9.17) is 0 Å². The van der Waals surface area contributed by atoms with E-state index in [9.17, 15) is 18.9 Å². The van der Waals surface area contributed by atoms with Gasteiger partial charge in [-0.3, -0.25) is 13.8 Å². The molecule has 0 aromatic heterocycles. The summed E-state index contributed by atoms with van der Waals surface area (Å²) in [5.74, 6) is -0.638. The first-order valence-corrected chi connectivity index (χ1v) is 10.9. The number of benzene rings is 1. The smallest absolute Gasteiger partial charge is 0.310 e. The van der Waals surface area contributed by atoms with Crippen molar-refractivity contribution in [2.24, 2.45) is 5.41 Å². The van der Waals surface area contributed by atoms with E-state index < -0.39 is 22.2 Å². The molecule has 142 valence electrons. The third-order valence-electron chi connectivity index (χ3n) is 5.71. The van der Waals surface area contributed by atoms with Gasteiger partial charge < -0.3 is 10.4 Å². The molecule has 1 amide bonds. The molecule has 1 aromatic carbocycles. The van der Waals surface area contributed by atoms with Crippen LogP contribution in [0.3, 0.4) is 0 Å². The molecule has 1 unspecified atom stereocenters. The van der Waals surface area contributed by atoms with Crippen LogP contribution >= 0.6 is 0 Å². The molecule has 5 nitrogen and oxygen atoms in total. The van der Waals surface area contributed by atoms with Crippen LogP contribution < -0.4 is 5.32 Å². The topological polar surface area (TPSA) is 83.5 Å².